The second-order valence-electron chi connectivity index (χ2n) is 4.35. The number of fused-ring (bicyclic) bond motifs is 1. The number of hydrogen-bond acceptors (Lipinski definition) is 2. The van der Waals surface area contributed by atoms with E-state index in [1.54, 1.807) is 0 Å². The molecule has 0 aromatic heterocycles. The van der Waals surface area contributed by atoms with Crippen LogP contribution in [0.25, 0.3) is 0 Å². The van der Waals surface area contributed by atoms with Crippen LogP contribution < -0.4 is 0 Å². The van der Waals surface area contributed by atoms with Gasteiger partial charge in [0.1, 0.15) is 0 Å². The van der Waals surface area contributed by atoms with E-state index in [4.69, 9.17) is 9.31 Å². The Balaban J connectivity index is 1.67. The van der Waals surface area contributed by atoms with Gasteiger partial charge in [0.05, 0.1) is 12.2 Å². The van der Waals surface area contributed by atoms with Crippen LogP contribution >= 0.6 is 0 Å². The molecule has 2 atom stereocenters. The van der Waals surface area contributed by atoms with E-state index in [-0.39, 0.29) is 7.12 Å². The molecule has 0 radical (unpaired) electrons. The minimum atomic E-state index is -0.0156. The van der Waals surface area contributed by atoms with Crippen molar-refractivity contribution in [2.75, 3.05) is 0 Å². The van der Waals surface area contributed by atoms with Gasteiger partial charge in [-0.05, 0) is 12.8 Å². The third kappa shape index (κ3) is 1.45. The van der Waals surface area contributed by atoms with E-state index in [0.29, 0.717) is 18.0 Å². The summed E-state index contributed by atoms with van der Waals surface area (Å²) in [7, 11) is -0.0156. The molecule has 2 aliphatic carbocycles. The molecule has 1 heterocycles. The fraction of sp³-hybridized carbons (Fsp3) is 0.636. The number of allylic oxidation sites excluding steroid dienone is 4. The molecule has 1 saturated heterocycles. The predicted molar refractivity (Wildman–Crippen MR) is 56.0 cm³/mol. The molecule has 0 aromatic carbocycles. The van der Waals surface area contributed by atoms with E-state index in [1.165, 1.54) is 25.7 Å². The van der Waals surface area contributed by atoms with Gasteiger partial charge < -0.3 is 9.31 Å². The lowest BCUT2D eigenvalue weighted by Gasteiger charge is -2.22. The van der Waals surface area contributed by atoms with Crippen molar-refractivity contribution in [2.45, 2.75) is 43.7 Å². The molecule has 2 fully saturated rings. The SMILES string of the molecule is C1=CC(B2O[C@H]3CCCC[C@@H]3O2)C=C1. The Bertz CT molecular complexity index is 248. The first-order valence-electron chi connectivity index (χ1n) is 5.59. The maximum atomic E-state index is 5.92. The van der Waals surface area contributed by atoms with Crippen LogP contribution in [0.4, 0.5) is 0 Å². The van der Waals surface area contributed by atoms with Crippen molar-refractivity contribution in [3.63, 3.8) is 0 Å². The van der Waals surface area contributed by atoms with Crippen LogP contribution in [0.15, 0.2) is 24.3 Å². The molecule has 0 N–H and O–H groups in total. The smallest absolute Gasteiger partial charge is 0.405 e. The monoisotopic (exact) mass is 190 g/mol. The highest BCUT2D eigenvalue weighted by molar-refractivity contribution is 6.48. The predicted octanol–water partition coefficient (Wildman–Crippen LogP) is 2.33. The van der Waals surface area contributed by atoms with Crippen molar-refractivity contribution < 1.29 is 9.31 Å². The average molecular weight is 190 g/mol. The first kappa shape index (κ1) is 8.75. The van der Waals surface area contributed by atoms with Gasteiger partial charge in [-0.1, -0.05) is 37.1 Å². The largest absolute Gasteiger partial charge is 0.468 e. The van der Waals surface area contributed by atoms with Gasteiger partial charge in [-0.3, -0.25) is 0 Å². The molecular formula is C11H15BO2. The van der Waals surface area contributed by atoms with E-state index >= 15 is 0 Å². The third-order valence-corrected chi connectivity index (χ3v) is 3.35. The van der Waals surface area contributed by atoms with Crippen LogP contribution in [-0.2, 0) is 9.31 Å². The Morgan fingerprint density at radius 2 is 1.50 bits per heavy atom. The maximum Gasteiger partial charge on any atom is 0.468 e. The maximum absolute atomic E-state index is 5.92. The summed E-state index contributed by atoms with van der Waals surface area (Å²) in [5, 5.41) is 0. The zero-order valence-electron chi connectivity index (χ0n) is 8.26. The lowest BCUT2D eigenvalue weighted by Crippen LogP contribution is -2.25. The number of rotatable bonds is 1. The molecule has 0 bridgehead atoms. The summed E-state index contributed by atoms with van der Waals surface area (Å²) in [6, 6.07) is 0. The summed E-state index contributed by atoms with van der Waals surface area (Å²) >= 11 is 0. The van der Waals surface area contributed by atoms with E-state index in [2.05, 4.69) is 24.3 Å². The zero-order valence-corrected chi connectivity index (χ0v) is 8.26. The Morgan fingerprint density at radius 3 is 2.07 bits per heavy atom. The van der Waals surface area contributed by atoms with Crippen LogP contribution in [0, 0.1) is 0 Å². The van der Waals surface area contributed by atoms with Crippen LogP contribution in [-0.4, -0.2) is 19.3 Å². The minimum absolute atomic E-state index is 0.0156. The van der Waals surface area contributed by atoms with Gasteiger partial charge in [0.2, 0.25) is 0 Å². The molecule has 14 heavy (non-hydrogen) atoms. The van der Waals surface area contributed by atoms with Crippen molar-refractivity contribution in [1.29, 1.82) is 0 Å². The highest BCUT2D eigenvalue weighted by Gasteiger charge is 2.43. The molecule has 3 heteroatoms. The summed E-state index contributed by atoms with van der Waals surface area (Å²) in [6.07, 6.45) is 14.2. The Kier molecular flexibility index (Phi) is 2.22. The standard InChI is InChI=1S/C11H15BO2/c1-2-6-9(5-1)12-13-10-7-3-4-8-11(10)14-12/h1-2,5-6,9-11H,3-4,7-8H2/t10-,11-/m0/s1. The second-order valence-corrected chi connectivity index (χ2v) is 4.35. The number of hydrogen-bond donors (Lipinski definition) is 0. The average Bonchev–Trinajstić information content (AvgIpc) is 2.86. The molecule has 3 aliphatic rings. The molecule has 1 saturated carbocycles. The molecule has 1 aliphatic heterocycles. The normalized spacial score (nSPS) is 36.7. The first-order valence-corrected chi connectivity index (χ1v) is 5.59. The summed E-state index contributed by atoms with van der Waals surface area (Å²) in [5.41, 5.74) is 0. The van der Waals surface area contributed by atoms with E-state index in [9.17, 15) is 0 Å². The molecule has 74 valence electrons. The van der Waals surface area contributed by atoms with Crippen molar-refractivity contribution in [3.8, 4) is 0 Å². The topological polar surface area (TPSA) is 18.5 Å². The zero-order chi connectivity index (χ0) is 9.38. The van der Waals surface area contributed by atoms with Crippen molar-refractivity contribution in [2.24, 2.45) is 0 Å². The van der Waals surface area contributed by atoms with Gasteiger partial charge >= 0.3 is 7.12 Å². The molecule has 0 amide bonds. The van der Waals surface area contributed by atoms with Crippen LogP contribution in [0.2, 0.25) is 5.82 Å². The highest BCUT2D eigenvalue weighted by Crippen LogP contribution is 2.35. The molecular weight excluding hydrogens is 175 g/mol. The molecule has 0 aromatic rings. The first-order chi connectivity index (χ1) is 6.93. The minimum Gasteiger partial charge on any atom is -0.405 e. The van der Waals surface area contributed by atoms with Gasteiger partial charge in [-0.2, -0.15) is 0 Å². The van der Waals surface area contributed by atoms with Gasteiger partial charge in [0, 0.05) is 5.82 Å². The van der Waals surface area contributed by atoms with E-state index < -0.39 is 0 Å². The Morgan fingerprint density at radius 1 is 0.929 bits per heavy atom. The summed E-state index contributed by atoms with van der Waals surface area (Å²) < 4.78 is 11.8. The van der Waals surface area contributed by atoms with Gasteiger partial charge in [-0.15, -0.1) is 0 Å². The fourth-order valence-corrected chi connectivity index (χ4v) is 2.56. The molecule has 0 unspecified atom stereocenters. The van der Waals surface area contributed by atoms with Crippen LogP contribution in [0.1, 0.15) is 25.7 Å². The van der Waals surface area contributed by atoms with Crippen molar-refractivity contribution >= 4 is 7.12 Å². The third-order valence-electron chi connectivity index (χ3n) is 3.35. The van der Waals surface area contributed by atoms with Crippen LogP contribution in [0.5, 0.6) is 0 Å². The fourth-order valence-electron chi connectivity index (χ4n) is 2.56. The lowest BCUT2D eigenvalue weighted by atomic mass is 9.73. The summed E-state index contributed by atoms with van der Waals surface area (Å²) in [5.74, 6) is 0.348. The summed E-state index contributed by atoms with van der Waals surface area (Å²) in [6.45, 7) is 0. The molecule has 3 rings (SSSR count). The van der Waals surface area contributed by atoms with Gasteiger partial charge in [0.25, 0.3) is 0 Å². The van der Waals surface area contributed by atoms with Gasteiger partial charge in [-0.25, -0.2) is 0 Å². The Hall–Kier alpha value is -0.535. The van der Waals surface area contributed by atoms with E-state index in [0.717, 1.165) is 0 Å². The molecule has 2 nitrogen and oxygen atoms in total. The highest BCUT2D eigenvalue weighted by atomic mass is 16.7. The quantitative estimate of drug-likeness (QED) is 0.590. The van der Waals surface area contributed by atoms with Crippen molar-refractivity contribution in [1.82, 2.24) is 0 Å². The van der Waals surface area contributed by atoms with Crippen molar-refractivity contribution in [3.05, 3.63) is 24.3 Å². The Labute approximate surface area is 85.1 Å². The summed E-state index contributed by atoms with van der Waals surface area (Å²) in [4.78, 5) is 0. The second kappa shape index (κ2) is 3.56. The van der Waals surface area contributed by atoms with Crippen LogP contribution in [0.3, 0.4) is 0 Å². The molecule has 0 spiro atoms. The lowest BCUT2D eigenvalue weighted by molar-refractivity contribution is 0.110. The van der Waals surface area contributed by atoms with Gasteiger partial charge in [0.15, 0.2) is 0 Å². The van der Waals surface area contributed by atoms with E-state index in [1.807, 2.05) is 0 Å².